The van der Waals surface area contributed by atoms with Gasteiger partial charge < -0.3 is 10.1 Å². The molecule has 0 aliphatic carbocycles. The van der Waals surface area contributed by atoms with Crippen molar-refractivity contribution in [3.63, 3.8) is 0 Å². The van der Waals surface area contributed by atoms with Gasteiger partial charge in [-0.3, -0.25) is 9.48 Å². The number of carbonyl (C=O) groups is 1. The number of alkyl halides is 3. The molecule has 23 heavy (non-hydrogen) atoms. The molecule has 0 fully saturated rings. The molecule has 1 amide bonds. The highest BCUT2D eigenvalue weighted by Crippen LogP contribution is 2.35. The number of ether oxygens (including phenoxy) is 1. The van der Waals surface area contributed by atoms with Crippen LogP contribution < -0.4 is 5.32 Å². The summed E-state index contributed by atoms with van der Waals surface area (Å²) in [6, 6.07) is 7.18. The predicted octanol–water partition coefficient (Wildman–Crippen LogP) is 1.71. The highest BCUT2D eigenvalue weighted by atomic mass is 19.4. The number of halogens is 3. The van der Waals surface area contributed by atoms with E-state index >= 15 is 0 Å². The van der Waals surface area contributed by atoms with Crippen LogP contribution in [0.25, 0.3) is 0 Å². The Morgan fingerprint density at radius 1 is 1.30 bits per heavy atom. The smallest absolute Gasteiger partial charge is 0.354 e. The maximum atomic E-state index is 13.0. The summed E-state index contributed by atoms with van der Waals surface area (Å²) in [5.74, 6) is -0.629. The number of nitrogens with one attached hydrogen (secondary N) is 1. The van der Waals surface area contributed by atoms with Crippen molar-refractivity contribution in [1.82, 2.24) is 20.1 Å². The zero-order valence-electron chi connectivity index (χ0n) is 12.0. The van der Waals surface area contributed by atoms with Crippen LogP contribution in [0.2, 0.25) is 0 Å². The van der Waals surface area contributed by atoms with Gasteiger partial charge in [-0.2, -0.15) is 18.3 Å². The van der Waals surface area contributed by atoms with Gasteiger partial charge >= 0.3 is 6.18 Å². The summed E-state index contributed by atoms with van der Waals surface area (Å²) in [5, 5.41) is 6.29. The van der Waals surface area contributed by atoms with Crippen molar-refractivity contribution in [1.29, 1.82) is 0 Å². The lowest BCUT2D eigenvalue weighted by molar-refractivity contribution is -0.223. The summed E-state index contributed by atoms with van der Waals surface area (Å²) in [6.45, 7) is -0.100. The topological polar surface area (TPSA) is 69.0 Å². The third kappa shape index (κ3) is 5.37. The van der Waals surface area contributed by atoms with E-state index in [-0.39, 0.29) is 12.1 Å². The van der Waals surface area contributed by atoms with E-state index in [2.05, 4.69) is 15.4 Å². The molecular weight excluding hydrogens is 313 g/mol. The van der Waals surface area contributed by atoms with Crippen LogP contribution in [-0.4, -0.2) is 40.0 Å². The van der Waals surface area contributed by atoms with E-state index in [1.807, 2.05) is 0 Å². The lowest BCUT2D eigenvalue weighted by Crippen LogP contribution is -2.33. The van der Waals surface area contributed by atoms with Gasteiger partial charge in [0.15, 0.2) is 6.10 Å². The molecule has 0 bridgehead atoms. The summed E-state index contributed by atoms with van der Waals surface area (Å²) < 4.78 is 45.3. The van der Waals surface area contributed by atoms with Crippen LogP contribution in [-0.2, 0) is 16.1 Å². The molecule has 2 aromatic rings. The lowest BCUT2D eigenvalue weighted by atomic mass is 10.1. The van der Waals surface area contributed by atoms with Crippen LogP contribution in [0.15, 0.2) is 43.0 Å². The van der Waals surface area contributed by atoms with Gasteiger partial charge in [-0.1, -0.05) is 30.3 Å². The fourth-order valence-electron chi connectivity index (χ4n) is 1.88. The van der Waals surface area contributed by atoms with Gasteiger partial charge in [0.1, 0.15) is 19.3 Å². The monoisotopic (exact) mass is 328 g/mol. The Kier molecular flexibility index (Phi) is 5.69. The first-order chi connectivity index (χ1) is 11.0. The molecule has 0 unspecified atom stereocenters. The number of hydrogen-bond donors (Lipinski definition) is 1. The van der Waals surface area contributed by atoms with Crippen molar-refractivity contribution >= 4 is 5.91 Å². The quantitative estimate of drug-likeness (QED) is 0.840. The first-order valence-electron chi connectivity index (χ1n) is 6.79. The van der Waals surface area contributed by atoms with E-state index in [1.165, 1.54) is 41.6 Å². The van der Waals surface area contributed by atoms with E-state index in [1.54, 1.807) is 6.07 Å². The third-order valence-electron chi connectivity index (χ3n) is 2.91. The molecule has 0 spiro atoms. The van der Waals surface area contributed by atoms with Crippen molar-refractivity contribution in [2.75, 3.05) is 13.2 Å². The molecule has 0 radical (unpaired) electrons. The number of hydrogen-bond acceptors (Lipinski definition) is 4. The summed E-state index contributed by atoms with van der Waals surface area (Å²) in [4.78, 5) is 15.3. The fraction of sp³-hybridized carbons (Fsp3) is 0.357. The van der Waals surface area contributed by atoms with E-state index < -0.39 is 24.8 Å². The molecule has 1 aromatic carbocycles. The lowest BCUT2D eigenvalue weighted by Gasteiger charge is -2.21. The Bertz CT molecular complexity index is 602. The van der Waals surface area contributed by atoms with Crippen molar-refractivity contribution in [3.8, 4) is 0 Å². The maximum Gasteiger partial charge on any atom is 0.418 e. The Labute approximate surface area is 130 Å². The van der Waals surface area contributed by atoms with Crippen molar-refractivity contribution in [3.05, 3.63) is 48.5 Å². The minimum Gasteiger partial charge on any atom is -0.354 e. The Morgan fingerprint density at radius 2 is 2.04 bits per heavy atom. The van der Waals surface area contributed by atoms with Gasteiger partial charge in [-0.15, -0.1) is 0 Å². The Hall–Kier alpha value is -2.42. The van der Waals surface area contributed by atoms with Crippen LogP contribution >= 0.6 is 0 Å². The number of benzene rings is 1. The van der Waals surface area contributed by atoms with E-state index in [0.29, 0.717) is 6.54 Å². The molecule has 6 nitrogen and oxygen atoms in total. The summed E-state index contributed by atoms with van der Waals surface area (Å²) in [6.07, 6.45) is -3.91. The number of carbonyl (C=O) groups excluding carboxylic acids is 1. The zero-order chi connectivity index (χ0) is 16.7. The van der Waals surface area contributed by atoms with Crippen molar-refractivity contribution in [2.24, 2.45) is 0 Å². The molecule has 9 heteroatoms. The second-order valence-electron chi connectivity index (χ2n) is 4.65. The molecule has 124 valence electrons. The molecule has 1 aromatic heterocycles. The van der Waals surface area contributed by atoms with Crippen LogP contribution in [0.5, 0.6) is 0 Å². The molecule has 0 aliphatic heterocycles. The van der Waals surface area contributed by atoms with Gasteiger partial charge in [0.05, 0.1) is 6.54 Å². The average molecular weight is 328 g/mol. The van der Waals surface area contributed by atoms with Gasteiger partial charge in [0.2, 0.25) is 5.91 Å². The van der Waals surface area contributed by atoms with Crippen LogP contribution in [0.4, 0.5) is 13.2 Å². The summed E-state index contributed by atoms with van der Waals surface area (Å²) >= 11 is 0. The number of aromatic nitrogens is 3. The van der Waals surface area contributed by atoms with Gasteiger partial charge in [-0.25, -0.2) is 4.98 Å². The molecule has 0 saturated heterocycles. The van der Waals surface area contributed by atoms with Crippen LogP contribution in [0, 0.1) is 0 Å². The molecule has 0 saturated carbocycles. The van der Waals surface area contributed by atoms with Gasteiger partial charge in [0.25, 0.3) is 0 Å². The summed E-state index contributed by atoms with van der Waals surface area (Å²) in [7, 11) is 0. The summed E-state index contributed by atoms with van der Waals surface area (Å²) in [5.41, 5.74) is -0.0459. The molecular formula is C14H15F3N4O2. The maximum absolute atomic E-state index is 13.0. The molecule has 2 rings (SSSR count). The van der Waals surface area contributed by atoms with Gasteiger partial charge in [-0.05, 0) is 5.56 Å². The average Bonchev–Trinajstić information content (AvgIpc) is 3.00. The van der Waals surface area contributed by atoms with E-state index in [9.17, 15) is 18.0 Å². The standard InChI is InChI=1S/C14H15F3N4O2/c15-14(16,17)13(11-4-2-1-3-5-11)23-8-12(22)19-6-7-21-10-18-9-20-21/h1-5,9-10,13H,6-8H2,(H,19,22)/t13-/m0/s1. The third-order valence-corrected chi connectivity index (χ3v) is 2.91. The Balaban J connectivity index is 1.82. The highest BCUT2D eigenvalue weighted by Gasteiger charge is 2.42. The number of nitrogens with zero attached hydrogens (tertiary/aromatic N) is 3. The minimum absolute atomic E-state index is 0.0459. The SMILES string of the molecule is O=C(CO[C@@H](c1ccccc1)C(F)(F)F)NCCn1cncn1. The molecule has 1 N–H and O–H groups in total. The normalized spacial score (nSPS) is 12.8. The number of amides is 1. The number of rotatable bonds is 7. The zero-order valence-corrected chi connectivity index (χ0v) is 12.0. The minimum atomic E-state index is -4.59. The van der Waals surface area contributed by atoms with Crippen molar-refractivity contribution < 1.29 is 22.7 Å². The predicted molar refractivity (Wildman–Crippen MR) is 74.2 cm³/mol. The second-order valence-corrected chi connectivity index (χ2v) is 4.65. The molecule has 1 heterocycles. The van der Waals surface area contributed by atoms with Crippen LogP contribution in [0.3, 0.4) is 0 Å². The second kappa shape index (κ2) is 7.73. The van der Waals surface area contributed by atoms with Crippen molar-refractivity contribution in [2.45, 2.75) is 18.8 Å². The van der Waals surface area contributed by atoms with E-state index in [0.717, 1.165) is 0 Å². The largest absolute Gasteiger partial charge is 0.418 e. The fourth-order valence-corrected chi connectivity index (χ4v) is 1.88. The van der Waals surface area contributed by atoms with Gasteiger partial charge in [0, 0.05) is 6.54 Å². The molecule has 1 atom stereocenters. The Morgan fingerprint density at radius 3 is 2.65 bits per heavy atom. The highest BCUT2D eigenvalue weighted by molar-refractivity contribution is 5.77. The first-order valence-corrected chi connectivity index (χ1v) is 6.79. The molecule has 0 aliphatic rings. The first kappa shape index (κ1) is 16.9. The van der Waals surface area contributed by atoms with E-state index in [4.69, 9.17) is 4.74 Å². The van der Waals surface area contributed by atoms with Crippen LogP contribution in [0.1, 0.15) is 11.7 Å².